The predicted molar refractivity (Wildman–Crippen MR) is 72.3 cm³/mol. The Bertz CT molecular complexity index is 685. The quantitative estimate of drug-likeness (QED) is 0.621. The molecule has 0 radical (unpaired) electrons. The van der Waals surface area contributed by atoms with Crippen molar-refractivity contribution in [2.24, 2.45) is 10.3 Å². The van der Waals surface area contributed by atoms with Crippen molar-refractivity contribution in [3.05, 3.63) is 40.7 Å². The van der Waals surface area contributed by atoms with Crippen LogP contribution in [-0.4, -0.2) is 36.8 Å². The number of aromatic nitrogens is 3. The van der Waals surface area contributed by atoms with Gasteiger partial charge in [0.2, 0.25) is 0 Å². The van der Waals surface area contributed by atoms with Gasteiger partial charge < -0.3 is 10.4 Å². The normalized spacial score (nSPS) is 18.4. The fourth-order valence-corrected chi connectivity index (χ4v) is 2.30. The van der Waals surface area contributed by atoms with E-state index in [2.05, 4.69) is 20.5 Å². The lowest BCUT2D eigenvalue weighted by Gasteiger charge is -2.09. The molecule has 7 nitrogen and oxygen atoms in total. The molecule has 0 saturated heterocycles. The number of hydrogen-bond donors (Lipinski definition) is 2. The van der Waals surface area contributed by atoms with Crippen LogP contribution < -0.4 is 0 Å². The number of oxime groups is 2. The molecule has 1 aromatic heterocycles. The lowest BCUT2D eigenvalue weighted by atomic mass is 9.97. The minimum absolute atomic E-state index is 0.395. The number of halogens is 1. The van der Waals surface area contributed by atoms with Gasteiger partial charge in [-0.1, -0.05) is 34.0 Å². The maximum absolute atomic E-state index is 9.01. The van der Waals surface area contributed by atoms with Crippen LogP contribution in [0.15, 0.2) is 34.6 Å². The summed E-state index contributed by atoms with van der Waals surface area (Å²) in [5.74, 6) is 0. The first-order valence-corrected chi connectivity index (χ1v) is 6.27. The highest BCUT2D eigenvalue weighted by Gasteiger charge is 2.28. The highest BCUT2D eigenvalue weighted by Crippen LogP contribution is 2.23. The molecule has 0 bridgehead atoms. The Balaban J connectivity index is 2.18. The number of fused-ring (bicyclic) bond motifs is 1. The molecule has 2 aromatic rings. The summed E-state index contributed by atoms with van der Waals surface area (Å²) in [6, 6.07) is 7.10. The number of benzene rings is 1. The lowest BCUT2D eigenvalue weighted by Crippen LogP contribution is -2.18. The monoisotopic (exact) mass is 291 g/mol. The summed E-state index contributed by atoms with van der Waals surface area (Å²) >= 11 is 6.10. The van der Waals surface area contributed by atoms with Gasteiger partial charge >= 0.3 is 0 Å². The van der Waals surface area contributed by atoms with E-state index in [1.807, 2.05) is 6.07 Å². The summed E-state index contributed by atoms with van der Waals surface area (Å²) in [5, 5.41) is 33.5. The van der Waals surface area contributed by atoms with Gasteiger partial charge in [0.05, 0.1) is 5.02 Å². The second-order valence-electron chi connectivity index (χ2n) is 4.23. The molecule has 0 amide bonds. The average Bonchev–Trinajstić information content (AvgIpc) is 2.91. The fourth-order valence-electron chi connectivity index (χ4n) is 2.09. The molecule has 20 heavy (non-hydrogen) atoms. The molecule has 0 saturated carbocycles. The van der Waals surface area contributed by atoms with Crippen LogP contribution in [0.2, 0.25) is 5.02 Å². The Hall–Kier alpha value is -2.41. The first-order valence-electron chi connectivity index (χ1n) is 5.89. The molecule has 0 unspecified atom stereocenters. The molecule has 102 valence electrons. The molecule has 8 heteroatoms. The summed E-state index contributed by atoms with van der Waals surface area (Å²) in [7, 11) is 0. The Labute approximate surface area is 118 Å². The fraction of sp³-hybridized carbons (Fsp3) is 0.167. The van der Waals surface area contributed by atoms with Gasteiger partial charge in [0.1, 0.15) is 28.5 Å². The van der Waals surface area contributed by atoms with Crippen LogP contribution in [0.3, 0.4) is 0 Å². The molecular formula is C12H10ClN5O2. The molecule has 3 rings (SSSR count). The summed E-state index contributed by atoms with van der Waals surface area (Å²) in [5.41, 5.74) is 2.20. The molecule has 1 heterocycles. The first-order chi connectivity index (χ1) is 9.74. The number of rotatable bonds is 1. The second-order valence-corrected chi connectivity index (χ2v) is 4.64. The van der Waals surface area contributed by atoms with E-state index in [0.717, 1.165) is 0 Å². The van der Waals surface area contributed by atoms with Gasteiger partial charge in [-0.3, -0.25) is 0 Å². The van der Waals surface area contributed by atoms with E-state index in [0.29, 0.717) is 46.4 Å². The zero-order chi connectivity index (χ0) is 14.1. The topological polar surface area (TPSA) is 95.9 Å². The molecule has 0 atom stereocenters. The van der Waals surface area contributed by atoms with Crippen molar-refractivity contribution in [1.82, 2.24) is 15.0 Å². The maximum Gasteiger partial charge on any atom is 0.140 e. The van der Waals surface area contributed by atoms with Crippen molar-refractivity contribution in [3.63, 3.8) is 0 Å². The maximum atomic E-state index is 9.01. The molecule has 1 aliphatic carbocycles. The molecule has 1 aromatic carbocycles. The molecule has 0 aliphatic heterocycles. The Kier molecular flexibility index (Phi) is 3.11. The van der Waals surface area contributed by atoms with E-state index in [1.165, 1.54) is 4.80 Å². The van der Waals surface area contributed by atoms with Crippen molar-refractivity contribution in [2.75, 3.05) is 0 Å². The van der Waals surface area contributed by atoms with E-state index in [-0.39, 0.29) is 0 Å². The van der Waals surface area contributed by atoms with E-state index in [4.69, 9.17) is 22.0 Å². The summed E-state index contributed by atoms with van der Waals surface area (Å²) in [6.45, 7) is 0. The Morgan fingerprint density at radius 1 is 1.00 bits per heavy atom. The number of nitrogens with zero attached hydrogens (tertiary/aromatic N) is 5. The standard InChI is InChI=1S/C12H10ClN5O2/c13-7-3-1-2-4-10(7)18-14-11-8(16-19)5-6-9(17-20)12(11)15-18/h1-4,19-20H,5-6H2. The number of hydrogen-bond acceptors (Lipinski definition) is 6. The van der Waals surface area contributed by atoms with E-state index >= 15 is 0 Å². The third-order valence-electron chi connectivity index (χ3n) is 3.07. The van der Waals surface area contributed by atoms with Crippen LogP contribution in [-0.2, 0) is 0 Å². The van der Waals surface area contributed by atoms with Crippen LogP contribution >= 0.6 is 11.6 Å². The van der Waals surface area contributed by atoms with Crippen LogP contribution in [0.5, 0.6) is 0 Å². The van der Waals surface area contributed by atoms with Crippen LogP contribution in [0, 0.1) is 0 Å². The first kappa shape index (κ1) is 12.6. The van der Waals surface area contributed by atoms with Gasteiger partial charge in [0, 0.05) is 12.8 Å². The van der Waals surface area contributed by atoms with Crippen molar-refractivity contribution in [3.8, 4) is 5.69 Å². The highest BCUT2D eigenvalue weighted by molar-refractivity contribution is 6.32. The third-order valence-corrected chi connectivity index (χ3v) is 3.39. The Morgan fingerprint density at radius 2 is 1.55 bits per heavy atom. The van der Waals surface area contributed by atoms with Crippen LogP contribution in [0.25, 0.3) is 5.69 Å². The van der Waals surface area contributed by atoms with Crippen molar-refractivity contribution in [1.29, 1.82) is 0 Å². The zero-order valence-corrected chi connectivity index (χ0v) is 11.0. The van der Waals surface area contributed by atoms with E-state index < -0.39 is 0 Å². The van der Waals surface area contributed by atoms with Gasteiger partial charge in [-0.15, -0.1) is 15.0 Å². The molecule has 0 fully saturated rings. The van der Waals surface area contributed by atoms with Gasteiger partial charge in [-0.2, -0.15) is 0 Å². The van der Waals surface area contributed by atoms with Gasteiger partial charge in [-0.05, 0) is 12.1 Å². The molecule has 1 aliphatic rings. The molecular weight excluding hydrogens is 282 g/mol. The van der Waals surface area contributed by atoms with Crippen LogP contribution in [0.1, 0.15) is 24.2 Å². The Morgan fingerprint density at radius 3 is 2.05 bits per heavy atom. The number of para-hydroxylation sites is 1. The van der Waals surface area contributed by atoms with Gasteiger partial charge in [-0.25, -0.2) is 0 Å². The highest BCUT2D eigenvalue weighted by atomic mass is 35.5. The summed E-state index contributed by atoms with van der Waals surface area (Å²) < 4.78 is 0. The smallest absolute Gasteiger partial charge is 0.140 e. The molecule has 2 N–H and O–H groups in total. The van der Waals surface area contributed by atoms with E-state index in [1.54, 1.807) is 18.2 Å². The summed E-state index contributed by atoms with van der Waals surface area (Å²) in [6.07, 6.45) is 0.869. The minimum Gasteiger partial charge on any atom is -0.411 e. The van der Waals surface area contributed by atoms with Crippen molar-refractivity contribution < 1.29 is 10.4 Å². The SMILES string of the molecule is ON=C1CCC(=NO)c2nn(-c3ccccc3Cl)nc21. The average molecular weight is 292 g/mol. The molecule has 0 spiro atoms. The lowest BCUT2D eigenvalue weighted by molar-refractivity contribution is 0.315. The van der Waals surface area contributed by atoms with Crippen molar-refractivity contribution >= 4 is 23.0 Å². The predicted octanol–water partition coefficient (Wildman–Crippen LogP) is 2.07. The van der Waals surface area contributed by atoms with Gasteiger partial charge in [0.15, 0.2) is 0 Å². The zero-order valence-electron chi connectivity index (χ0n) is 10.2. The van der Waals surface area contributed by atoms with E-state index in [9.17, 15) is 0 Å². The van der Waals surface area contributed by atoms with Crippen molar-refractivity contribution in [2.45, 2.75) is 12.8 Å². The largest absolute Gasteiger partial charge is 0.411 e. The minimum atomic E-state index is 0.395. The third kappa shape index (κ3) is 1.92. The van der Waals surface area contributed by atoms with Crippen LogP contribution in [0.4, 0.5) is 0 Å². The summed E-state index contributed by atoms with van der Waals surface area (Å²) in [4.78, 5) is 1.34. The second kappa shape index (κ2) is 4.93. The van der Waals surface area contributed by atoms with Gasteiger partial charge in [0.25, 0.3) is 0 Å².